The van der Waals surface area contributed by atoms with E-state index in [1.807, 2.05) is 25.1 Å². The molecular formula is C21H27N3O2. The number of unbranched alkanes of at least 4 members (excludes halogenated alkanes) is 1. The molecule has 0 bridgehead atoms. The molecule has 1 aromatic carbocycles. The Bertz CT molecular complexity index is 785. The zero-order valence-electron chi connectivity index (χ0n) is 15.9. The van der Waals surface area contributed by atoms with Gasteiger partial charge in [-0.1, -0.05) is 45.4 Å². The summed E-state index contributed by atoms with van der Waals surface area (Å²) in [6.45, 7) is 8.83. The molecule has 0 spiro atoms. The van der Waals surface area contributed by atoms with E-state index in [-0.39, 0.29) is 17.5 Å². The van der Waals surface area contributed by atoms with Gasteiger partial charge in [-0.05, 0) is 42.5 Å². The van der Waals surface area contributed by atoms with Crippen molar-refractivity contribution in [2.24, 2.45) is 0 Å². The van der Waals surface area contributed by atoms with Crippen LogP contribution >= 0.6 is 0 Å². The average molecular weight is 353 g/mol. The number of carbonyl (C=O) groups is 2. The standard InChI is InChI=1S/C21H27N3O2/c1-5-6-11-23-21(26)18-13-16(10-12-22-18)20(25)24-19-15(4)8-7-9-17(19)14(2)3/h7-10,12-14H,5-6,11H2,1-4H3,(H,23,26)(H,24,25). The Kier molecular flexibility index (Phi) is 6.89. The Hall–Kier alpha value is -2.69. The van der Waals surface area contributed by atoms with Gasteiger partial charge in [0, 0.05) is 24.0 Å². The van der Waals surface area contributed by atoms with Crippen LogP contribution in [0.1, 0.15) is 71.5 Å². The van der Waals surface area contributed by atoms with E-state index in [0.29, 0.717) is 18.0 Å². The van der Waals surface area contributed by atoms with Gasteiger partial charge in [-0.2, -0.15) is 0 Å². The molecule has 0 aliphatic heterocycles. The average Bonchev–Trinajstić information content (AvgIpc) is 2.63. The summed E-state index contributed by atoms with van der Waals surface area (Å²) in [5.74, 6) is -0.208. The Morgan fingerprint density at radius 3 is 2.62 bits per heavy atom. The number of aryl methyl sites for hydroxylation is 1. The summed E-state index contributed by atoms with van der Waals surface area (Å²) in [5.41, 5.74) is 3.60. The molecule has 0 aliphatic carbocycles. The number of rotatable bonds is 7. The lowest BCUT2D eigenvalue weighted by Crippen LogP contribution is -2.25. The largest absolute Gasteiger partial charge is 0.351 e. The molecule has 0 saturated carbocycles. The minimum atomic E-state index is -0.258. The second-order valence-electron chi connectivity index (χ2n) is 6.69. The molecule has 0 atom stereocenters. The van der Waals surface area contributed by atoms with E-state index in [9.17, 15) is 9.59 Å². The fourth-order valence-electron chi connectivity index (χ4n) is 2.69. The van der Waals surface area contributed by atoms with E-state index < -0.39 is 0 Å². The van der Waals surface area contributed by atoms with Crippen LogP contribution in [0.25, 0.3) is 0 Å². The predicted octanol–water partition coefficient (Wildman–Crippen LogP) is 4.30. The molecular weight excluding hydrogens is 326 g/mol. The van der Waals surface area contributed by atoms with Gasteiger partial charge >= 0.3 is 0 Å². The zero-order valence-corrected chi connectivity index (χ0v) is 15.9. The van der Waals surface area contributed by atoms with Crippen LogP contribution in [-0.2, 0) is 0 Å². The first-order valence-corrected chi connectivity index (χ1v) is 9.09. The van der Waals surface area contributed by atoms with Crippen LogP contribution < -0.4 is 10.6 Å². The van der Waals surface area contributed by atoms with Gasteiger partial charge in [0.2, 0.25) is 0 Å². The lowest BCUT2D eigenvalue weighted by atomic mass is 9.98. The minimum absolute atomic E-state index is 0.244. The summed E-state index contributed by atoms with van der Waals surface area (Å²) in [6, 6.07) is 9.13. The number of carbonyl (C=O) groups excluding carboxylic acids is 2. The van der Waals surface area contributed by atoms with E-state index in [1.54, 1.807) is 6.07 Å². The van der Waals surface area contributed by atoms with Crippen LogP contribution in [0.4, 0.5) is 5.69 Å². The SMILES string of the molecule is CCCCNC(=O)c1cc(C(=O)Nc2c(C)cccc2C(C)C)ccn1. The third-order valence-electron chi connectivity index (χ3n) is 4.24. The molecule has 1 heterocycles. The molecule has 5 heteroatoms. The van der Waals surface area contributed by atoms with Crippen LogP contribution in [-0.4, -0.2) is 23.3 Å². The molecule has 1 aromatic heterocycles. The lowest BCUT2D eigenvalue weighted by Gasteiger charge is -2.16. The highest BCUT2D eigenvalue weighted by Gasteiger charge is 2.15. The molecule has 2 amide bonds. The summed E-state index contributed by atoms with van der Waals surface area (Å²) >= 11 is 0. The van der Waals surface area contributed by atoms with Crippen molar-refractivity contribution >= 4 is 17.5 Å². The summed E-state index contributed by atoms with van der Waals surface area (Å²) in [6.07, 6.45) is 3.41. The Morgan fingerprint density at radius 2 is 1.92 bits per heavy atom. The van der Waals surface area contributed by atoms with Gasteiger partial charge < -0.3 is 10.6 Å². The van der Waals surface area contributed by atoms with Crippen LogP contribution in [0, 0.1) is 6.92 Å². The maximum atomic E-state index is 12.7. The van der Waals surface area contributed by atoms with Gasteiger partial charge in [0.25, 0.3) is 11.8 Å². The maximum absolute atomic E-state index is 12.7. The molecule has 0 radical (unpaired) electrons. The topological polar surface area (TPSA) is 71.1 Å². The lowest BCUT2D eigenvalue weighted by molar-refractivity contribution is 0.0948. The van der Waals surface area contributed by atoms with Crippen molar-refractivity contribution in [3.05, 3.63) is 58.9 Å². The normalized spacial score (nSPS) is 10.7. The summed E-state index contributed by atoms with van der Waals surface area (Å²) < 4.78 is 0. The summed E-state index contributed by atoms with van der Waals surface area (Å²) in [5, 5.41) is 5.81. The van der Waals surface area contributed by atoms with Crippen molar-refractivity contribution in [3.63, 3.8) is 0 Å². The monoisotopic (exact) mass is 353 g/mol. The molecule has 2 aromatic rings. The third kappa shape index (κ3) is 4.91. The van der Waals surface area contributed by atoms with Crippen LogP contribution in [0.5, 0.6) is 0 Å². The van der Waals surface area contributed by atoms with Crippen molar-refractivity contribution in [3.8, 4) is 0 Å². The zero-order chi connectivity index (χ0) is 19.1. The second-order valence-corrected chi connectivity index (χ2v) is 6.69. The molecule has 2 rings (SSSR count). The molecule has 0 unspecified atom stereocenters. The maximum Gasteiger partial charge on any atom is 0.269 e. The first-order valence-electron chi connectivity index (χ1n) is 9.09. The third-order valence-corrected chi connectivity index (χ3v) is 4.24. The number of amides is 2. The molecule has 138 valence electrons. The number of hydrogen-bond donors (Lipinski definition) is 2. The molecule has 2 N–H and O–H groups in total. The highest BCUT2D eigenvalue weighted by molar-refractivity contribution is 6.06. The van der Waals surface area contributed by atoms with Crippen molar-refractivity contribution in [2.75, 3.05) is 11.9 Å². The number of nitrogens with one attached hydrogen (secondary N) is 2. The van der Waals surface area contributed by atoms with Crippen LogP contribution in [0.2, 0.25) is 0 Å². The first kappa shape index (κ1) is 19.6. The smallest absolute Gasteiger partial charge is 0.269 e. The summed E-state index contributed by atoms with van der Waals surface area (Å²) in [7, 11) is 0. The fourth-order valence-corrected chi connectivity index (χ4v) is 2.69. The highest BCUT2D eigenvalue weighted by atomic mass is 16.2. The molecule has 0 fully saturated rings. The predicted molar refractivity (Wildman–Crippen MR) is 105 cm³/mol. The van der Waals surface area contributed by atoms with Crippen molar-refractivity contribution < 1.29 is 9.59 Å². The Balaban J connectivity index is 2.19. The van der Waals surface area contributed by atoms with Crippen molar-refractivity contribution in [1.29, 1.82) is 0 Å². The number of nitrogens with zero attached hydrogens (tertiary/aromatic N) is 1. The van der Waals surface area contributed by atoms with Gasteiger partial charge in [0.1, 0.15) is 5.69 Å². The van der Waals surface area contributed by atoms with Crippen molar-refractivity contribution in [2.45, 2.75) is 46.5 Å². The van der Waals surface area contributed by atoms with E-state index >= 15 is 0 Å². The molecule has 5 nitrogen and oxygen atoms in total. The number of aromatic nitrogens is 1. The van der Waals surface area contributed by atoms with Crippen molar-refractivity contribution in [1.82, 2.24) is 10.3 Å². The highest BCUT2D eigenvalue weighted by Crippen LogP contribution is 2.27. The molecule has 0 aliphatic rings. The van der Waals surface area contributed by atoms with E-state index in [4.69, 9.17) is 0 Å². The van der Waals surface area contributed by atoms with E-state index in [0.717, 1.165) is 29.7 Å². The number of para-hydroxylation sites is 1. The molecule has 0 saturated heterocycles. The van der Waals surface area contributed by atoms with Gasteiger partial charge in [0.05, 0.1) is 0 Å². The summed E-state index contributed by atoms with van der Waals surface area (Å²) in [4.78, 5) is 28.9. The minimum Gasteiger partial charge on any atom is -0.351 e. The number of hydrogen-bond acceptors (Lipinski definition) is 3. The van der Waals surface area contributed by atoms with Gasteiger partial charge in [0.15, 0.2) is 0 Å². The van der Waals surface area contributed by atoms with Gasteiger partial charge in [-0.15, -0.1) is 0 Å². The quantitative estimate of drug-likeness (QED) is 0.729. The fraction of sp³-hybridized carbons (Fsp3) is 0.381. The Labute approximate surface area is 155 Å². The second kappa shape index (κ2) is 9.13. The molecule has 26 heavy (non-hydrogen) atoms. The van der Waals surface area contributed by atoms with E-state index in [2.05, 4.69) is 36.4 Å². The van der Waals surface area contributed by atoms with Crippen LogP contribution in [0.15, 0.2) is 36.5 Å². The van der Waals surface area contributed by atoms with Gasteiger partial charge in [-0.25, -0.2) is 0 Å². The van der Waals surface area contributed by atoms with Gasteiger partial charge in [-0.3, -0.25) is 14.6 Å². The Morgan fingerprint density at radius 1 is 1.15 bits per heavy atom. The van der Waals surface area contributed by atoms with Crippen LogP contribution in [0.3, 0.4) is 0 Å². The number of pyridine rings is 1. The number of anilines is 1. The first-order chi connectivity index (χ1) is 12.4. The van der Waals surface area contributed by atoms with E-state index in [1.165, 1.54) is 12.3 Å². The number of benzene rings is 1.